The second-order valence-electron chi connectivity index (χ2n) is 6.59. The number of halogens is 1. The minimum absolute atomic E-state index is 0. The van der Waals surface area contributed by atoms with Gasteiger partial charge in [0, 0.05) is 62.7 Å². The van der Waals surface area contributed by atoms with Crippen molar-refractivity contribution < 1.29 is 14.3 Å². The van der Waals surface area contributed by atoms with E-state index >= 15 is 0 Å². The van der Waals surface area contributed by atoms with Crippen LogP contribution in [0.1, 0.15) is 0 Å². The third kappa shape index (κ3) is 5.99. The Morgan fingerprint density at radius 3 is 2.28 bits per heavy atom. The summed E-state index contributed by atoms with van der Waals surface area (Å²) >= 11 is 0. The number of methoxy groups -OCH3 is 1. The number of rotatable bonds is 5. The first-order valence-corrected chi connectivity index (χ1v) is 9.16. The number of likely N-dealkylation sites (N-methyl/N-ethyl adjacent to an activating group) is 1. The molecule has 0 saturated carbocycles. The average Bonchev–Trinajstić information content (AvgIpc) is 2.74. The molecule has 1 aromatic heterocycles. The van der Waals surface area contributed by atoms with Gasteiger partial charge in [-0.2, -0.15) is 0 Å². The lowest BCUT2D eigenvalue weighted by molar-refractivity contribution is -0.138. The van der Waals surface area contributed by atoms with Crippen molar-refractivity contribution in [3.05, 3.63) is 48.8 Å². The van der Waals surface area contributed by atoms with Gasteiger partial charge in [-0.15, -0.1) is 12.4 Å². The van der Waals surface area contributed by atoms with Crippen LogP contribution < -0.4 is 15.1 Å². The Balaban J connectivity index is 0.00000300. The van der Waals surface area contributed by atoms with E-state index in [-0.39, 0.29) is 31.0 Å². The molecule has 2 heterocycles. The molecule has 2 amide bonds. The van der Waals surface area contributed by atoms with Gasteiger partial charge in [-0.1, -0.05) is 0 Å². The highest BCUT2D eigenvalue weighted by atomic mass is 35.5. The van der Waals surface area contributed by atoms with Gasteiger partial charge in [-0.3, -0.25) is 9.78 Å². The van der Waals surface area contributed by atoms with Crippen molar-refractivity contribution in [2.45, 2.75) is 0 Å². The van der Waals surface area contributed by atoms with Crippen molar-refractivity contribution in [2.75, 3.05) is 62.0 Å². The number of nitrogens with one attached hydrogen (secondary N) is 1. The second kappa shape index (κ2) is 10.5. The summed E-state index contributed by atoms with van der Waals surface area (Å²) in [6.07, 6.45) is 3.56. The lowest BCUT2D eigenvalue weighted by Crippen LogP contribution is -2.50. The average molecular weight is 420 g/mol. The number of esters is 1. The summed E-state index contributed by atoms with van der Waals surface area (Å²) in [5.41, 5.74) is 2.72. The van der Waals surface area contributed by atoms with E-state index in [0.29, 0.717) is 13.1 Å². The van der Waals surface area contributed by atoms with Crippen LogP contribution in [0.25, 0.3) is 0 Å². The normalized spacial score (nSPS) is 13.3. The molecule has 9 heteroatoms. The quantitative estimate of drug-likeness (QED) is 0.750. The number of carbonyl (C=O) groups excluding carboxylic acids is 2. The molecule has 29 heavy (non-hydrogen) atoms. The molecule has 1 aliphatic rings. The number of amides is 2. The number of hydrogen-bond donors (Lipinski definition) is 1. The molecule has 156 valence electrons. The topological polar surface area (TPSA) is 78.0 Å². The van der Waals surface area contributed by atoms with Gasteiger partial charge in [0.25, 0.3) is 0 Å². The predicted molar refractivity (Wildman–Crippen MR) is 116 cm³/mol. The van der Waals surface area contributed by atoms with Gasteiger partial charge in [-0.25, -0.2) is 4.79 Å². The van der Waals surface area contributed by atoms with Gasteiger partial charge in [-0.05, 0) is 36.4 Å². The highest BCUT2D eigenvalue weighted by Crippen LogP contribution is 2.18. The van der Waals surface area contributed by atoms with Gasteiger partial charge >= 0.3 is 12.0 Å². The number of urea groups is 1. The number of nitrogens with zero attached hydrogens (tertiary/aromatic N) is 4. The van der Waals surface area contributed by atoms with Crippen LogP contribution in [0.3, 0.4) is 0 Å². The van der Waals surface area contributed by atoms with E-state index in [1.165, 1.54) is 7.11 Å². The Morgan fingerprint density at radius 1 is 1.07 bits per heavy atom. The first kappa shape index (κ1) is 22.3. The van der Waals surface area contributed by atoms with E-state index in [9.17, 15) is 9.59 Å². The minimum atomic E-state index is -0.300. The van der Waals surface area contributed by atoms with Crippen molar-refractivity contribution in [1.82, 2.24) is 9.88 Å². The Morgan fingerprint density at radius 2 is 1.69 bits per heavy atom. The highest BCUT2D eigenvalue weighted by Gasteiger charge is 2.21. The monoisotopic (exact) mass is 419 g/mol. The van der Waals surface area contributed by atoms with Crippen LogP contribution in [0.2, 0.25) is 0 Å². The zero-order valence-corrected chi connectivity index (χ0v) is 17.4. The van der Waals surface area contributed by atoms with E-state index < -0.39 is 0 Å². The van der Waals surface area contributed by atoms with Crippen molar-refractivity contribution in [1.29, 1.82) is 0 Å². The summed E-state index contributed by atoms with van der Waals surface area (Å²) in [5.74, 6) is -0.300. The van der Waals surface area contributed by atoms with Crippen molar-refractivity contribution in [3.8, 4) is 0 Å². The van der Waals surface area contributed by atoms with Gasteiger partial charge in [0.15, 0.2) is 0 Å². The zero-order chi connectivity index (χ0) is 19.9. The van der Waals surface area contributed by atoms with Crippen LogP contribution in [0.5, 0.6) is 0 Å². The van der Waals surface area contributed by atoms with Crippen LogP contribution >= 0.6 is 12.4 Å². The molecule has 0 atom stereocenters. The summed E-state index contributed by atoms with van der Waals surface area (Å²) in [6, 6.07) is 11.2. The molecule has 2 aromatic rings. The molecular formula is C20H26ClN5O3. The molecule has 1 fully saturated rings. The predicted octanol–water partition coefficient (Wildman–Crippen LogP) is 2.47. The van der Waals surface area contributed by atoms with E-state index in [2.05, 4.69) is 19.9 Å². The summed E-state index contributed by atoms with van der Waals surface area (Å²) in [7, 11) is 3.18. The van der Waals surface area contributed by atoms with E-state index in [1.807, 2.05) is 48.3 Å². The van der Waals surface area contributed by atoms with E-state index in [4.69, 9.17) is 0 Å². The number of hydrogen-bond acceptors (Lipinski definition) is 6. The number of pyridine rings is 1. The van der Waals surface area contributed by atoms with Crippen molar-refractivity contribution in [3.63, 3.8) is 0 Å². The third-order valence-corrected chi connectivity index (χ3v) is 4.75. The van der Waals surface area contributed by atoms with Crippen LogP contribution in [0.15, 0.2) is 48.8 Å². The Bertz CT molecular complexity index is 796. The van der Waals surface area contributed by atoms with Gasteiger partial charge in [0.2, 0.25) is 0 Å². The van der Waals surface area contributed by atoms with Gasteiger partial charge in [0.1, 0.15) is 6.54 Å². The largest absolute Gasteiger partial charge is 0.468 e. The molecule has 1 saturated heterocycles. The van der Waals surface area contributed by atoms with Crippen LogP contribution in [0.4, 0.5) is 21.9 Å². The number of aromatic nitrogens is 1. The molecule has 0 spiro atoms. The Hall–Kier alpha value is -3.00. The SMILES string of the molecule is COC(=O)CN(C)c1ccc(NC(=O)N2CCN(c3ccncc3)CC2)cc1.Cl. The summed E-state index contributed by atoms with van der Waals surface area (Å²) in [5, 5.41) is 2.93. The molecule has 1 N–H and O–H groups in total. The Labute approximate surface area is 176 Å². The maximum absolute atomic E-state index is 12.5. The fraction of sp³-hybridized carbons (Fsp3) is 0.350. The first-order valence-electron chi connectivity index (χ1n) is 9.16. The summed E-state index contributed by atoms with van der Waals surface area (Å²) in [6.45, 7) is 3.07. The lowest BCUT2D eigenvalue weighted by Gasteiger charge is -2.36. The molecule has 1 aliphatic heterocycles. The van der Waals surface area contributed by atoms with Crippen LogP contribution in [-0.4, -0.2) is 68.8 Å². The van der Waals surface area contributed by atoms with Crippen LogP contribution in [0, 0.1) is 0 Å². The molecule has 1 aromatic carbocycles. The van der Waals surface area contributed by atoms with Crippen molar-refractivity contribution in [2.24, 2.45) is 0 Å². The Kier molecular flexibility index (Phi) is 8.09. The summed E-state index contributed by atoms with van der Waals surface area (Å²) < 4.78 is 4.67. The zero-order valence-electron chi connectivity index (χ0n) is 16.6. The van der Waals surface area contributed by atoms with Crippen LogP contribution in [-0.2, 0) is 9.53 Å². The van der Waals surface area contributed by atoms with E-state index in [0.717, 1.165) is 30.2 Å². The standard InChI is InChI=1S/C20H25N5O3.ClH/c1-23(15-19(26)28-2)17-5-3-16(4-6-17)22-20(27)25-13-11-24(12-14-25)18-7-9-21-10-8-18;/h3-10H,11-15H2,1-2H3,(H,22,27);1H. The molecule has 0 bridgehead atoms. The number of benzene rings is 1. The molecule has 0 aliphatic carbocycles. The lowest BCUT2D eigenvalue weighted by atomic mass is 10.2. The number of piperazine rings is 1. The fourth-order valence-electron chi connectivity index (χ4n) is 3.07. The maximum Gasteiger partial charge on any atom is 0.325 e. The van der Waals surface area contributed by atoms with Crippen molar-refractivity contribution >= 4 is 41.5 Å². The maximum atomic E-state index is 12.5. The third-order valence-electron chi connectivity index (χ3n) is 4.75. The van der Waals surface area contributed by atoms with Gasteiger partial charge in [0.05, 0.1) is 7.11 Å². The molecule has 8 nitrogen and oxygen atoms in total. The van der Waals surface area contributed by atoms with Gasteiger partial charge < -0.3 is 24.8 Å². The first-order chi connectivity index (χ1) is 13.6. The summed E-state index contributed by atoms with van der Waals surface area (Å²) in [4.78, 5) is 33.8. The molecule has 3 rings (SSSR count). The molecule has 0 radical (unpaired) electrons. The smallest absolute Gasteiger partial charge is 0.325 e. The second-order valence-corrected chi connectivity index (χ2v) is 6.59. The molecular weight excluding hydrogens is 394 g/mol. The number of carbonyl (C=O) groups is 2. The molecule has 0 unspecified atom stereocenters. The number of ether oxygens (including phenoxy) is 1. The number of anilines is 3. The fourth-order valence-corrected chi connectivity index (χ4v) is 3.07. The minimum Gasteiger partial charge on any atom is -0.468 e. The van der Waals surface area contributed by atoms with E-state index in [1.54, 1.807) is 17.3 Å². The highest BCUT2D eigenvalue weighted by molar-refractivity contribution is 5.89.